The lowest BCUT2D eigenvalue weighted by Crippen LogP contribution is -2.06. The summed E-state index contributed by atoms with van der Waals surface area (Å²) in [6.07, 6.45) is 0. The Morgan fingerprint density at radius 1 is 0.852 bits per heavy atom. The van der Waals surface area contributed by atoms with Crippen LogP contribution in [-0.2, 0) is 15.6 Å². The minimum atomic E-state index is -3.63. The molecule has 4 aromatic rings. The van der Waals surface area contributed by atoms with Crippen LogP contribution in [0.15, 0.2) is 77.7 Å². The molecule has 1 heterocycles. The van der Waals surface area contributed by atoms with Gasteiger partial charge in [-0.2, -0.15) is 0 Å². The van der Waals surface area contributed by atoms with Crippen molar-refractivity contribution in [3.05, 3.63) is 88.4 Å². The van der Waals surface area contributed by atoms with E-state index in [1.807, 2.05) is 36.4 Å². The van der Waals surface area contributed by atoms with Crippen LogP contribution in [0.1, 0.15) is 5.56 Å². The third-order valence-corrected chi connectivity index (χ3v) is 6.75. The molecular formula is C21H15Cl2NO2S. The first-order valence-corrected chi connectivity index (χ1v) is 10.7. The van der Waals surface area contributed by atoms with Crippen molar-refractivity contribution in [2.45, 2.75) is 10.6 Å². The topological polar surface area (TPSA) is 49.9 Å². The first-order chi connectivity index (χ1) is 12.9. The van der Waals surface area contributed by atoms with Crippen molar-refractivity contribution in [3.63, 3.8) is 0 Å². The molecule has 0 aliphatic rings. The molecule has 0 spiro atoms. The highest BCUT2D eigenvalue weighted by Gasteiger charge is 2.20. The fraction of sp³-hybridized carbons (Fsp3) is 0.0476. The Kier molecular flexibility index (Phi) is 4.72. The lowest BCUT2D eigenvalue weighted by Gasteiger charge is -2.09. The molecule has 0 saturated heterocycles. The second-order valence-corrected chi connectivity index (χ2v) is 9.11. The summed E-state index contributed by atoms with van der Waals surface area (Å²) in [6, 6.07) is 21.8. The molecule has 6 heteroatoms. The molecule has 0 saturated carbocycles. The number of rotatable bonds is 4. The van der Waals surface area contributed by atoms with Gasteiger partial charge in [-0.15, -0.1) is 0 Å². The number of hydrogen-bond acceptors (Lipinski definition) is 2. The zero-order valence-corrected chi connectivity index (χ0v) is 16.4. The first kappa shape index (κ1) is 18.1. The zero-order valence-electron chi connectivity index (χ0n) is 14.1. The van der Waals surface area contributed by atoms with Gasteiger partial charge >= 0.3 is 0 Å². The minimum absolute atomic E-state index is 0.111. The number of para-hydroxylation sites is 1. The molecule has 1 aromatic heterocycles. The number of halogens is 2. The van der Waals surface area contributed by atoms with Crippen molar-refractivity contribution >= 4 is 43.9 Å². The molecular weight excluding hydrogens is 401 g/mol. The van der Waals surface area contributed by atoms with Gasteiger partial charge in [0.05, 0.1) is 15.7 Å². The smallest absolute Gasteiger partial charge is 0.184 e. The number of benzene rings is 3. The molecule has 0 amide bonds. The zero-order chi connectivity index (χ0) is 19.0. The Morgan fingerprint density at radius 2 is 1.67 bits per heavy atom. The van der Waals surface area contributed by atoms with E-state index in [9.17, 15) is 8.42 Å². The fourth-order valence-electron chi connectivity index (χ4n) is 3.06. The molecule has 3 aromatic carbocycles. The van der Waals surface area contributed by atoms with Gasteiger partial charge < -0.3 is 4.98 Å². The standard InChI is InChI=1S/C21H15Cl2NO2S/c22-17-6-3-4-14(10-17)13-27(25,26)21-12-16(8-9-18(21)23)20-11-15-5-1-2-7-19(15)24-20/h1-12,24H,13H2. The van der Waals surface area contributed by atoms with E-state index in [1.165, 1.54) is 0 Å². The number of aromatic nitrogens is 1. The van der Waals surface area contributed by atoms with Crippen LogP contribution in [0, 0.1) is 0 Å². The number of hydrogen-bond donors (Lipinski definition) is 1. The van der Waals surface area contributed by atoms with E-state index in [-0.39, 0.29) is 15.7 Å². The van der Waals surface area contributed by atoms with Gasteiger partial charge in [0, 0.05) is 21.6 Å². The molecule has 136 valence electrons. The highest BCUT2D eigenvalue weighted by molar-refractivity contribution is 7.90. The van der Waals surface area contributed by atoms with E-state index in [2.05, 4.69) is 4.98 Å². The summed E-state index contributed by atoms with van der Waals surface area (Å²) < 4.78 is 25.9. The van der Waals surface area contributed by atoms with Gasteiger partial charge in [0.15, 0.2) is 9.84 Å². The predicted molar refractivity (Wildman–Crippen MR) is 111 cm³/mol. The average molecular weight is 416 g/mol. The third kappa shape index (κ3) is 3.74. The van der Waals surface area contributed by atoms with Crippen molar-refractivity contribution in [1.82, 2.24) is 4.98 Å². The van der Waals surface area contributed by atoms with E-state index in [1.54, 1.807) is 36.4 Å². The van der Waals surface area contributed by atoms with Gasteiger partial charge in [0.25, 0.3) is 0 Å². The maximum absolute atomic E-state index is 13.0. The lowest BCUT2D eigenvalue weighted by molar-refractivity contribution is 0.595. The summed E-state index contributed by atoms with van der Waals surface area (Å²) >= 11 is 12.2. The van der Waals surface area contributed by atoms with Gasteiger partial charge in [-0.3, -0.25) is 0 Å². The van der Waals surface area contributed by atoms with E-state index >= 15 is 0 Å². The number of H-pyrrole nitrogens is 1. The van der Waals surface area contributed by atoms with Crippen molar-refractivity contribution in [2.75, 3.05) is 0 Å². The molecule has 0 radical (unpaired) electrons. The highest BCUT2D eigenvalue weighted by atomic mass is 35.5. The number of fused-ring (bicyclic) bond motifs is 1. The van der Waals surface area contributed by atoms with Crippen LogP contribution in [0.2, 0.25) is 10.0 Å². The Balaban J connectivity index is 1.75. The van der Waals surface area contributed by atoms with Crippen molar-refractivity contribution < 1.29 is 8.42 Å². The molecule has 27 heavy (non-hydrogen) atoms. The molecule has 4 rings (SSSR count). The Hall–Kier alpha value is -2.27. The largest absolute Gasteiger partial charge is 0.355 e. The molecule has 3 nitrogen and oxygen atoms in total. The van der Waals surface area contributed by atoms with Crippen molar-refractivity contribution in [3.8, 4) is 11.3 Å². The maximum Gasteiger partial charge on any atom is 0.184 e. The van der Waals surface area contributed by atoms with Crippen LogP contribution in [-0.4, -0.2) is 13.4 Å². The Labute approximate surface area is 167 Å². The highest BCUT2D eigenvalue weighted by Crippen LogP contribution is 2.31. The van der Waals surface area contributed by atoms with Gasteiger partial charge in [-0.05, 0) is 47.5 Å². The molecule has 0 bridgehead atoms. The number of sulfone groups is 1. The van der Waals surface area contributed by atoms with Gasteiger partial charge in [0.2, 0.25) is 0 Å². The van der Waals surface area contributed by atoms with Crippen molar-refractivity contribution in [2.24, 2.45) is 0 Å². The lowest BCUT2D eigenvalue weighted by atomic mass is 10.1. The molecule has 0 atom stereocenters. The predicted octanol–water partition coefficient (Wildman–Crippen LogP) is 6.12. The fourth-order valence-corrected chi connectivity index (χ4v) is 5.19. The SMILES string of the molecule is O=S(=O)(Cc1cccc(Cl)c1)c1cc(-c2cc3ccccc3[nH]2)ccc1Cl. The molecule has 0 unspecified atom stereocenters. The van der Waals surface area contributed by atoms with Gasteiger partial charge in [0.1, 0.15) is 0 Å². The second kappa shape index (κ2) is 7.04. The Morgan fingerprint density at radius 3 is 2.44 bits per heavy atom. The summed E-state index contributed by atoms with van der Waals surface area (Å²) in [7, 11) is -3.63. The van der Waals surface area contributed by atoms with Gasteiger partial charge in [-0.1, -0.05) is 59.6 Å². The van der Waals surface area contributed by atoms with E-state index in [4.69, 9.17) is 23.2 Å². The van der Waals surface area contributed by atoms with E-state index in [0.29, 0.717) is 10.6 Å². The first-order valence-electron chi connectivity index (χ1n) is 8.27. The number of nitrogens with one attached hydrogen (secondary N) is 1. The summed E-state index contributed by atoms with van der Waals surface area (Å²) in [4.78, 5) is 3.42. The molecule has 0 fully saturated rings. The van der Waals surface area contributed by atoms with Crippen LogP contribution in [0.5, 0.6) is 0 Å². The van der Waals surface area contributed by atoms with Crippen LogP contribution < -0.4 is 0 Å². The van der Waals surface area contributed by atoms with Crippen LogP contribution in [0.4, 0.5) is 0 Å². The molecule has 1 N–H and O–H groups in total. The average Bonchev–Trinajstić information content (AvgIpc) is 3.05. The molecule has 0 aliphatic heterocycles. The quantitative estimate of drug-likeness (QED) is 0.436. The summed E-state index contributed by atoms with van der Waals surface area (Å²) in [5.41, 5.74) is 3.22. The third-order valence-electron chi connectivity index (χ3n) is 4.35. The number of aromatic amines is 1. The van der Waals surface area contributed by atoms with Crippen LogP contribution >= 0.6 is 23.2 Å². The maximum atomic E-state index is 13.0. The monoisotopic (exact) mass is 415 g/mol. The summed E-state index contributed by atoms with van der Waals surface area (Å²) in [5.74, 6) is -0.163. The van der Waals surface area contributed by atoms with E-state index < -0.39 is 9.84 Å². The Bertz CT molecular complexity index is 1210. The van der Waals surface area contributed by atoms with Gasteiger partial charge in [-0.25, -0.2) is 8.42 Å². The van der Waals surface area contributed by atoms with Crippen molar-refractivity contribution in [1.29, 1.82) is 0 Å². The summed E-state index contributed by atoms with van der Waals surface area (Å²) in [5, 5.41) is 1.77. The normalized spacial score (nSPS) is 11.8. The van der Waals surface area contributed by atoms with Crippen LogP contribution in [0.3, 0.4) is 0 Å². The molecule has 0 aliphatic carbocycles. The van der Waals surface area contributed by atoms with E-state index in [0.717, 1.165) is 22.2 Å². The summed E-state index contributed by atoms with van der Waals surface area (Å²) in [6.45, 7) is 0. The van der Waals surface area contributed by atoms with Crippen LogP contribution in [0.25, 0.3) is 22.2 Å². The minimum Gasteiger partial charge on any atom is -0.355 e. The second-order valence-electron chi connectivity index (χ2n) is 6.30.